The highest BCUT2D eigenvalue weighted by molar-refractivity contribution is 6.11. The fourth-order valence-electron chi connectivity index (χ4n) is 4.75. The van der Waals surface area contributed by atoms with Crippen LogP contribution < -0.4 is 45.0 Å². The third-order valence-electron chi connectivity index (χ3n) is 6.82. The number of piperidine rings is 2. The summed E-state index contributed by atoms with van der Waals surface area (Å²) in [7, 11) is 0. The van der Waals surface area contributed by atoms with Crippen LogP contribution in [0.4, 0.5) is 33.6 Å². The van der Waals surface area contributed by atoms with Gasteiger partial charge in [-0.15, -0.1) is 12.4 Å². The molecule has 0 aliphatic carbocycles. The van der Waals surface area contributed by atoms with E-state index >= 15 is 0 Å². The molecule has 43 heavy (non-hydrogen) atoms. The summed E-state index contributed by atoms with van der Waals surface area (Å²) in [5.74, 6) is 0.373. The third-order valence-corrected chi connectivity index (χ3v) is 6.82. The Kier molecular flexibility index (Phi) is 16.9. The number of rotatable bonds is 8. The first-order valence-corrected chi connectivity index (χ1v) is 13.3. The lowest BCUT2D eigenvalue weighted by Gasteiger charge is -2.30. The molecule has 5 rings (SSSR count). The number of hydrogen-bond acceptors (Lipinski definition) is 12. The molecule has 2 saturated heterocycles. The van der Waals surface area contributed by atoms with Gasteiger partial charge in [-0.2, -0.15) is 15.0 Å². The lowest BCUT2D eigenvalue weighted by Crippen LogP contribution is -2.34. The molecule has 13 nitrogen and oxygen atoms in total. The normalized spacial score (nSPS) is 13.9. The van der Waals surface area contributed by atoms with Crippen molar-refractivity contribution in [3.8, 4) is 0 Å². The average molecular weight is 630 g/mol. The topological polar surface area (TPSA) is 243 Å². The predicted octanol–water partition coefficient (Wildman–Crippen LogP) is 7.00. The summed E-state index contributed by atoms with van der Waals surface area (Å²) in [5.41, 5.74) is 1.16. The molecular formula is C28H53ClFN11O2. The quantitative estimate of drug-likeness (QED) is 0.109. The number of Topliss-reactive ketones (excluding diaryl/α,β-unsaturated/α-hetero) is 1. The van der Waals surface area contributed by atoms with E-state index in [1.54, 1.807) is 30.3 Å². The van der Waals surface area contributed by atoms with Gasteiger partial charge in [-0.25, -0.2) is 4.39 Å². The van der Waals surface area contributed by atoms with Crippen LogP contribution in [0.2, 0.25) is 0 Å². The summed E-state index contributed by atoms with van der Waals surface area (Å²) >= 11 is 0. The van der Waals surface area contributed by atoms with E-state index in [4.69, 9.17) is 15.0 Å². The second-order valence-electron chi connectivity index (χ2n) is 9.68. The maximum Gasteiger partial charge on any atom is 0.233 e. The summed E-state index contributed by atoms with van der Waals surface area (Å²) in [5, 5.41) is 5.70. The van der Waals surface area contributed by atoms with Gasteiger partial charge >= 0.3 is 0 Å². The van der Waals surface area contributed by atoms with Gasteiger partial charge < -0.3 is 45.0 Å². The fraction of sp³-hybridized carbons (Fsp3) is 0.393. The van der Waals surface area contributed by atoms with Gasteiger partial charge in [0.05, 0.1) is 12.1 Å². The molecule has 2 aliphatic rings. The highest BCUT2D eigenvalue weighted by atomic mass is 35.5. The molecule has 0 saturated carbocycles. The number of amides is 1. The number of ketones is 1. The van der Waals surface area contributed by atoms with Crippen LogP contribution in [-0.4, -0.2) is 52.8 Å². The maximum absolute atomic E-state index is 13.8. The van der Waals surface area contributed by atoms with Gasteiger partial charge in [0, 0.05) is 43.1 Å². The van der Waals surface area contributed by atoms with Crippen molar-refractivity contribution in [1.82, 2.24) is 39.6 Å². The monoisotopic (exact) mass is 629 g/mol. The molecule has 0 unspecified atom stereocenters. The van der Waals surface area contributed by atoms with E-state index in [-0.39, 0.29) is 60.6 Å². The standard InChI is InChI=1S/C28H32FN7O2.ClH.4H3N.4H2/c29-22-9-3-4-10-23(22)31-25(38)19-24(37)20-11-13-21(14-12-20)30-26-32-27(35-15-5-1-6-16-35)34-28(33-26)36-17-7-2-8-18-36;;;;;;;;;/h3-4,9-14H,1-2,5-8,15-19H2,(H,31,38)(H,30,32,33,34);1H;4*1H3;4*1H. The number of para-hydroxylation sites is 1. The molecule has 0 spiro atoms. The minimum absolute atomic E-state index is 0. The van der Waals surface area contributed by atoms with E-state index < -0.39 is 11.7 Å². The van der Waals surface area contributed by atoms with E-state index in [2.05, 4.69) is 20.4 Å². The van der Waals surface area contributed by atoms with E-state index in [1.165, 1.54) is 31.0 Å². The number of hydrogen-bond donors (Lipinski definition) is 6. The highest BCUT2D eigenvalue weighted by Gasteiger charge is 2.21. The van der Waals surface area contributed by atoms with Crippen LogP contribution in [0.25, 0.3) is 0 Å². The Bertz CT molecular complexity index is 1270. The Labute approximate surface area is 264 Å². The molecule has 3 heterocycles. The van der Waals surface area contributed by atoms with Gasteiger partial charge in [0.1, 0.15) is 5.82 Å². The smallest absolute Gasteiger partial charge is 0.233 e. The average Bonchev–Trinajstić information content (AvgIpc) is 2.95. The van der Waals surface area contributed by atoms with E-state index in [0.717, 1.165) is 57.5 Å². The number of carbonyl (C=O) groups is 2. The lowest BCUT2D eigenvalue weighted by atomic mass is 10.1. The lowest BCUT2D eigenvalue weighted by molar-refractivity contribution is -0.115. The van der Waals surface area contributed by atoms with Crippen LogP contribution in [0.1, 0.15) is 61.0 Å². The zero-order chi connectivity index (χ0) is 26.3. The second-order valence-corrected chi connectivity index (χ2v) is 9.68. The van der Waals surface area contributed by atoms with Crippen LogP contribution in [0, 0.1) is 5.82 Å². The van der Waals surface area contributed by atoms with Gasteiger partial charge in [0.15, 0.2) is 5.78 Å². The summed E-state index contributed by atoms with van der Waals surface area (Å²) < 4.78 is 13.8. The summed E-state index contributed by atoms with van der Waals surface area (Å²) in [6.07, 6.45) is 6.57. The molecule has 0 bridgehead atoms. The molecule has 1 aromatic heterocycles. The number of carbonyl (C=O) groups excluding carboxylic acids is 2. The first-order valence-electron chi connectivity index (χ1n) is 13.3. The van der Waals surface area contributed by atoms with Crippen molar-refractivity contribution in [2.24, 2.45) is 0 Å². The molecule has 0 radical (unpaired) electrons. The molecule has 2 fully saturated rings. The predicted molar refractivity (Wildman–Crippen MR) is 181 cm³/mol. The van der Waals surface area contributed by atoms with Crippen molar-refractivity contribution in [2.45, 2.75) is 44.9 Å². The molecule has 3 aromatic rings. The number of aromatic nitrogens is 3. The van der Waals surface area contributed by atoms with Gasteiger partial charge in [-0.1, -0.05) is 12.1 Å². The molecular weight excluding hydrogens is 577 g/mol. The molecule has 14 N–H and O–H groups in total. The first kappa shape index (κ1) is 39.0. The van der Waals surface area contributed by atoms with Gasteiger partial charge in [0.2, 0.25) is 23.8 Å². The fourth-order valence-corrected chi connectivity index (χ4v) is 4.75. The third kappa shape index (κ3) is 10.4. The summed E-state index contributed by atoms with van der Waals surface area (Å²) in [4.78, 5) is 43.5. The molecule has 0 atom stereocenters. The SMILES string of the molecule is Cl.N.N.N.N.O=C(CC(=O)c1ccc(Nc2nc(N3CCCCC3)nc(N3CCCCC3)n2)cc1)Nc1ccccc1F.[HH].[HH].[HH].[HH]. The van der Waals surface area contributed by atoms with Gasteiger partial charge in [-0.3, -0.25) is 9.59 Å². The van der Waals surface area contributed by atoms with Crippen molar-refractivity contribution >= 4 is 53.3 Å². The Morgan fingerprint density at radius 2 is 1.26 bits per heavy atom. The van der Waals surface area contributed by atoms with Gasteiger partial charge in [-0.05, 0) is 74.9 Å². The first-order chi connectivity index (χ1) is 18.5. The van der Waals surface area contributed by atoms with Crippen LogP contribution in [0.3, 0.4) is 0 Å². The molecule has 1 amide bonds. The Morgan fingerprint density at radius 1 is 0.744 bits per heavy atom. The van der Waals surface area contributed by atoms with Crippen molar-refractivity contribution < 1.29 is 19.7 Å². The number of anilines is 5. The van der Waals surface area contributed by atoms with E-state index in [0.29, 0.717) is 23.4 Å². The van der Waals surface area contributed by atoms with Crippen LogP contribution in [0.5, 0.6) is 0 Å². The molecule has 2 aliphatic heterocycles. The Morgan fingerprint density at radius 3 is 1.77 bits per heavy atom. The van der Waals surface area contributed by atoms with Crippen LogP contribution in [0.15, 0.2) is 48.5 Å². The number of benzene rings is 2. The van der Waals surface area contributed by atoms with Crippen LogP contribution in [-0.2, 0) is 4.79 Å². The molecule has 246 valence electrons. The number of nitrogens with zero attached hydrogens (tertiary/aromatic N) is 5. The number of nitrogens with one attached hydrogen (secondary N) is 2. The Balaban J connectivity index is -0.000000653. The van der Waals surface area contributed by atoms with Crippen molar-refractivity contribution in [1.29, 1.82) is 0 Å². The molecule has 15 heteroatoms. The maximum atomic E-state index is 13.8. The van der Waals surface area contributed by atoms with Crippen molar-refractivity contribution in [3.05, 3.63) is 59.9 Å². The van der Waals surface area contributed by atoms with E-state index in [9.17, 15) is 14.0 Å². The van der Waals surface area contributed by atoms with Crippen LogP contribution >= 0.6 is 12.4 Å². The van der Waals surface area contributed by atoms with E-state index in [1.807, 2.05) is 0 Å². The minimum atomic E-state index is -0.567. The highest BCUT2D eigenvalue weighted by Crippen LogP contribution is 2.24. The van der Waals surface area contributed by atoms with Crippen molar-refractivity contribution in [3.63, 3.8) is 0 Å². The zero-order valence-electron chi connectivity index (χ0n) is 24.6. The Hall–Kier alpha value is -3.95. The summed E-state index contributed by atoms with van der Waals surface area (Å²) in [6, 6.07) is 12.7. The largest absolute Gasteiger partial charge is 0.344 e. The van der Waals surface area contributed by atoms with Crippen molar-refractivity contribution in [2.75, 3.05) is 46.6 Å². The zero-order valence-corrected chi connectivity index (χ0v) is 25.4. The van der Waals surface area contributed by atoms with Gasteiger partial charge in [0.25, 0.3) is 0 Å². The summed E-state index contributed by atoms with van der Waals surface area (Å²) in [6.45, 7) is 3.74. The number of halogens is 2. The molecule has 2 aromatic carbocycles. The second kappa shape index (κ2) is 18.6. The minimum Gasteiger partial charge on any atom is -0.344 e.